The zero-order chi connectivity index (χ0) is 16.4. The van der Waals surface area contributed by atoms with Crippen LogP contribution in [0.3, 0.4) is 0 Å². The molecule has 120 valence electrons. The molecule has 0 saturated heterocycles. The Morgan fingerprint density at radius 1 is 1.13 bits per heavy atom. The Hall–Kier alpha value is -2.29. The highest BCUT2D eigenvalue weighted by atomic mass is 16.2. The van der Waals surface area contributed by atoms with Crippen LogP contribution in [0, 0.1) is 20.8 Å². The summed E-state index contributed by atoms with van der Waals surface area (Å²) < 4.78 is 0. The van der Waals surface area contributed by atoms with Gasteiger partial charge in [-0.25, -0.2) is 0 Å². The Labute approximate surface area is 138 Å². The van der Waals surface area contributed by atoms with Crippen LogP contribution in [0.15, 0.2) is 36.4 Å². The van der Waals surface area contributed by atoms with Crippen molar-refractivity contribution in [1.82, 2.24) is 0 Å². The first-order valence-corrected chi connectivity index (χ1v) is 8.26. The molecular weight excluding hydrogens is 284 g/mol. The van der Waals surface area contributed by atoms with Crippen LogP contribution < -0.4 is 10.2 Å². The second-order valence-electron chi connectivity index (χ2n) is 6.37. The van der Waals surface area contributed by atoms with Gasteiger partial charge in [-0.2, -0.15) is 0 Å². The molecule has 1 heterocycles. The highest BCUT2D eigenvalue weighted by molar-refractivity contribution is 5.95. The molecule has 1 aliphatic heterocycles. The maximum Gasteiger partial charge on any atom is 0.228 e. The number of benzene rings is 2. The lowest BCUT2D eigenvalue weighted by Gasteiger charge is -2.18. The molecule has 0 bridgehead atoms. The number of para-hydroxylation sites is 1. The predicted octanol–water partition coefficient (Wildman–Crippen LogP) is 4.00. The minimum Gasteiger partial charge on any atom is -0.384 e. The van der Waals surface area contributed by atoms with Gasteiger partial charge < -0.3 is 10.2 Å². The van der Waals surface area contributed by atoms with E-state index in [0.717, 1.165) is 24.3 Å². The second kappa shape index (κ2) is 6.45. The van der Waals surface area contributed by atoms with Gasteiger partial charge in [-0.3, -0.25) is 4.79 Å². The summed E-state index contributed by atoms with van der Waals surface area (Å²) in [6.07, 6.45) is 1.48. The Morgan fingerprint density at radius 2 is 1.83 bits per heavy atom. The second-order valence-corrected chi connectivity index (χ2v) is 6.37. The van der Waals surface area contributed by atoms with Crippen molar-refractivity contribution in [3.05, 3.63) is 58.7 Å². The van der Waals surface area contributed by atoms with Crippen molar-refractivity contribution in [3.8, 4) is 0 Å². The summed E-state index contributed by atoms with van der Waals surface area (Å²) in [6.45, 7) is 7.81. The number of fused-ring (bicyclic) bond motifs is 1. The lowest BCUT2D eigenvalue weighted by molar-refractivity contribution is -0.118. The summed E-state index contributed by atoms with van der Waals surface area (Å²) in [7, 11) is 0. The van der Waals surface area contributed by atoms with Crippen molar-refractivity contribution >= 4 is 17.3 Å². The first-order valence-electron chi connectivity index (χ1n) is 8.26. The molecule has 23 heavy (non-hydrogen) atoms. The summed E-state index contributed by atoms with van der Waals surface area (Å²) in [5.74, 6) is 0.199. The fourth-order valence-corrected chi connectivity index (χ4v) is 3.49. The molecule has 0 radical (unpaired) electrons. The zero-order valence-corrected chi connectivity index (χ0v) is 14.1. The Bertz CT molecular complexity index is 713. The topological polar surface area (TPSA) is 32.3 Å². The monoisotopic (exact) mass is 308 g/mol. The average molecular weight is 308 g/mol. The average Bonchev–Trinajstić information content (AvgIpc) is 2.93. The molecule has 2 aromatic carbocycles. The number of nitrogens with zero attached hydrogens (tertiary/aromatic N) is 1. The number of rotatable bonds is 4. The van der Waals surface area contributed by atoms with E-state index >= 15 is 0 Å². The van der Waals surface area contributed by atoms with Gasteiger partial charge in [0.25, 0.3) is 0 Å². The van der Waals surface area contributed by atoms with Crippen LogP contribution in [0.4, 0.5) is 11.4 Å². The van der Waals surface area contributed by atoms with E-state index in [1.165, 1.54) is 22.3 Å². The Morgan fingerprint density at radius 3 is 2.57 bits per heavy atom. The van der Waals surface area contributed by atoms with Crippen molar-refractivity contribution < 1.29 is 4.79 Å². The molecule has 0 unspecified atom stereocenters. The van der Waals surface area contributed by atoms with E-state index < -0.39 is 0 Å². The molecule has 0 fully saturated rings. The van der Waals surface area contributed by atoms with E-state index in [4.69, 9.17) is 0 Å². The minimum absolute atomic E-state index is 0.199. The molecule has 1 amide bonds. The maximum absolute atomic E-state index is 12.5. The van der Waals surface area contributed by atoms with Gasteiger partial charge in [-0.05, 0) is 49.9 Å². The van der Waals surface area contributed by atoms with Gasteiger partial charge in [0.1, 0.15) is 0 Å². The van der Waals surface area contributed by atoms with Crippen LogP contribution >= 0.6 is 0 Å². The normalized spacial score (nSPS) is 13.1. The van der Waals surface area contributed by atoms with Gasteiger partial charge in [-0.15, -0.1) is 0 Å². The molecule has 3 rings (SSSR count). The van der Waals surface area contributed by atoms with Gasteiger partial charge >= 0.3 is 0 Å². The van der Waals surface area contributed by atoms with Crippen LogP contribution in [0.5, 0.6) is 0 Å². The molecule has 0 atom stereocenters. The standard InChI is InChI=1S/C20H24N2O/c1-14-12-15(2)20(16(3)13-14)21-10-8-19(23)22-11-9-17-6-4-5-7-18(17)22/h4-7,12-13,21H,8-11H2,1-3H3. The van der Waals surface area contributed by atoms with E-state index in [1.54, 1.807) is 0 Å². The molecule has 1 aliphatic rings. The summed E-state index contributed by atoms with van der Waals surface area (Å²) in [4.78, 5) is 14.4. The van der Waals surface area contributed by atoms with E-state index in [0.29, 0.717) is 13.0 Å². The lowest BCUT2D eigenvalue weighted by Crippen LogP contribution is -2.30. The fourth-order valence-electron chi connectivity index (χ4n) is 3.49. The molecule has 3 nitrogen and oxygen atoms in total. The van der Waals surface area contributed by atoms with Crippen molar-refractivity contribution in [1.29, 1.82) is 0 Å². The van der Waals surface area contributed by atoms with Crippen LogP contribution in [0.2, 0.25) is 0 Å². The van der Waals surface area contributed by atoms with Crippen LogP contribution in [0.1, 0.15) is 28.7 Å². The third kappa shape index (κ3) is 3.24. The van der Waals surface area contributed by atoms with Gasteiger partial charge in [-0.1, -0.05) is 35.9 Å². The summed E-state index contributed by atoms with van der Waals surface area (Å²) in [6, 6.07) is 12.5. The molecule has 0 aliphatic carbocycles. The van der Waals surface area contributed by atoms with E-state index in [-0.39, 0.29) is 5.91 Å². The molecule has 0 aromatic heterocycles. The van der Waals surface area contributed by atoms with Crippen molar-refractivity contribution in [2.24, 2.45) is 0 Å². The third-order valence-electron chi connectivity index (χ3n) is 4.51. The summed E-state index contributed by atoms with van der Waals surface area (Å²) in [5, 5.41) is 3.44. The number of anilines is 2. The predicted molar refractivity (Wildman–Crippen MR) is 96.3 cm³/mol. The first-order chi connectivity index (χ1) is 11.1. The number of carbonyl (C=O) groups excluding carboxylic acids is 1. The van der Waals surface area contributed by atoms with Crippen LogP contribution in [-0.2, 0) is 11.2 Å². The number of amides is 1. The molecule has 3 heteroatoms. The van der Waals surface area contributed by atoms with Gasteiger partial charge in [0.05, 0.1) is 0 Å². The molecule has 0 spiro atoms. The van der Waals surface area contributed by atoms with E-state index in [2.05, 4.69) is 44.3 Å². The highest BCUT2D eigenvalue weighted by Crippen LogP contribution is 2.28. The summed E-state index contributed by atoms with van der Waals surface area (Å²) in [5.41, 5.74) is 7.27. The number of hydrogen-bond donors (Lipinski definition) is 1. The van der Waals surface area contributed by atoms with Crippen molar-refractivity contribution in [3.63, 3.8) is 0 Å². The minimum atomic E-state index is 0.199. The number of aryl methyl sites for hydroxylation is 3. The Balaban J connectivity index is 1.61. The lowest BCUT2D eigenvalue weighted by atomic mass is 10.1. The zero-order valence-electron chi connectivity index (χ0n) is 14.1. The van der Waals surface area contributed by atoms with E-state index in [1.807, 2.05) is 23.1 Å². The maximum atomic E-state index is 12.5. The highest BCUT2D eigenvalue weighted by Gasteiger charge is 2.23. The number of carbonyl (C=O) groups is 1. The van der Waals surface area contributed by atoms with Crippen LogP contribution in [0.25, 0.3) is 0 Å². The van der Waals surface area contributed by atoms with Gasteiger partial charge in [0.15, 0.2) is 0 Å². The number of hydrogen-bond acceptors (Lipinski definition) is 2. The number of nitrogens with one attached hydrogen (secondary N) is 1. The van der Waals surface area contributed by atoms with Crippen LogP contribution in [-0.4, -0.2) is 19.0 Å². The van der Waals surface area contributed by atoms with Crippen molar-refractivity contribution in [2.75, 3.05) is 23.3 Å². The summed E-state index contributed by atoms with van der Waals surface area (Å²) >= 11 is 0. The molecule has 1 N–H and O–H groups in total. The SMILES string of the molecule is Cc1cc(C)c(NCCC(=O)N2CCc3ccccc32)c(C)c1. The van der Waals surface area contributed by atoms with Crippen molar-refractivity contribution in [2.45, 2.75) is 33.6 Å². The molecule has 0 saturated carbocycles. The molecular formula is C20H24N2O. The first kappa shape index (κ1) is 15.6. The largest absolute Gasteiger partial charge is 0.384 e. The van der Waals surface area contributed by atoms with Gasteiger partial charge in [0, 0.05) is 30.9 Å². The van der Waals surface area contributed by atoms with E-state index in [9.17, 15) is 4.79 Å². The third-order valence-corrected chi connectivity index (χ3v) is 4.51. The quantitative estimate of drug-likeness (QED) is 0.926. The van der Waals surface area contributed by atoms with Gasteiger partial charge in [0.2, 0.25) is 5.91 Å². The fraction of sp³-hybridized carbons (Fsp3) is 0.350. The smallest absolute Gasteiger partial charge is 0.228 e. The molecule has 2 aromatic rings. The Kier molecular flexibility index (Phi) is 4.37.